The van der Waals surface area contributed by atoms with Gasteiger partial charge in [0.05, 0.1) is 16.6 Å². The first kappa shape index (κ1) is 20.3. The Hall–Kier alpha value is -3.94. The van der Waals surface area contributed by atoms with Crippen molar-refractivity contribution in [3.05, 3.63) is 95.9 Å². The molecule has 5 nitrogen and oxygen atoms in total. The first-order valence-corrected chi connectivity index (χ1v) is 9.30. The summed E-state index contributed by atoms with van der Waals surface area (Å²) in [4.78, 5) is 20.7. The van der Waals surface area contributed by atoms with E-state index in [-0.39, 0.29) is 17.5 Å². The van der Waals surface area contributed by atoms with Crippen molar-refractivity contribution in [2.75, 3.05) is 5.32 Å². The molecule has 2 heterocycles. The van der Waals surface area contributed by atoms with E-state index in [1.807, 2.05) is 6.07 Å². The second-order valence-corrected chi connectivity index (χ2v) is 6.69. The lowest BCUT2D eigenvalue weighted by atomic mass is 10.0. The summed E-state index contributed by atoms with van der Waals surface area (Å²) < 4.78 is 47.0. The minimum absolute atomic E-state index is 0.129. The number of ether oxygens (including phenoxy) is 1. The number of nitrogens with zero attached hydrogens (tertiary/aromatic N) is 2. The van der Waals surface area contributed by atoms with Crippen molar-refractivity contribution in [3.8, 4) is 5.75 Å². The van der Waals surface area contributed by atoms with Crippen LogP contribution in [0.5, 0.6) is 5.75 Å². The van der Waals surface area contributed by atoms with Gasteiger partial charge in [0.1, 0.15) is 12.4 Å². The van der Waals surface area contributed by atoms with E-state index in [9.17, 15) is 18.0 Å². The van der Waals surface area contributed by atoms with Crippen LogP contribution in [0.25, 0.3) is 10.9 Å². The Kier molecular flexibility index (Phi) is 5.53. The number of alkyl halides is 3. The van der Waals surface area contributed by atoms with Crippen LogP contribution < -0.4 is 10.1 Å². The zero-order valence-electron chi connectivity index (χ0n) is 16.1. The van der Waals surface area contributed by atoms with Gasteiger partial charge in [-0.15, -0.1) is 0 Å². The summed E-state index contributed by atoms with van der Waals surface area (Å²) in [6.07, 6.45) is -0.458. The maximum absolute atomic E-state index is 13.8. The maximum Gasteiger partial charge on any atom is 0.417 e. The van der Waals surface area contributed by atoms with Crippen molar-refractivity contribution in [2.24, 2.45) is 0 Å². The van der Waals surface area contributed by atoms with E-state index in [0.29, 0.717) is 11.4 Å². The molecule has 0 unspecified atom stereocenters. The topological polar surface area (TPSA) is 64.1 Å². The Morgan fingerprint density at radius 3 is 2.61 bits per heavy atom. The number of halogens is 3. The van der Waals surface area contributed by atoms with Gasteiger partial charge in [-0.25, -0.2) is 0 Å². The van der Waals surface area contributed by atoms with Gasteiger partial charge in [0.25, 0.3) is 5.91 Å². The minimum atomic E-state index is -4.72. The molecule has 31 heavy (non-hydrogen) atoms. The normalized spacial score (nSPS) is 11.3. The van der Waals surface area contributed by atoms with Crippen LogP contribution in [0.4, 0.5) is 18.9 Å². The number of hydrogen-bond acceptors (Lipinski definition) is 4. The lowest BCUT2D eigenvalue weighted by molar-refractivity contribution is -0.136. The van der Waals surface area contributed by atoms with Crippen molar-refractivity contribution >= 4 is 22.5 Å². The fraction of sp³-hybridized carbons (Fsp3) is 0.0870. The van der Waals surface area contributed by atoms with Crippen LogP contribution >= 0.6 is 0 Å². The summed E-state index contributed by atoms with van der Waals surface area (Å²) in [7, 11) is 0. The number of carbonyl (C=O) groups excluding carboxylic acids is 1. The number of hydrogen-bond donors (Lipinski definition) is 1. The standard InChI is InChI=1S/C23H16F3N3O2/c24-23(25,26)21-18-8-1-2-9-20(18)28-13-19(21)22(30)29-16-6-3-7-17(11-16)31-14-15-5-4-10-27-12-15/h1-13H,14H2,(H,29,30). The molecule has 2 aromatic heterocycles. The molecule has 1 N–H and O–H groups in total. The number of anilines is 1. The molecule has 0 fully saturated rings. The van der Waals surface area contributed by atoms with Gasteiger partial charge in [-0.1, -0.05) is 30.3 Å². The second kappa shape index (κ2) is 8.43. The Balaban J connectivity index is 1.58. The van der Waals surface area contributed by atoms with Gasteiger partial charge in [-0.2, -0.15) is 13.2 Å². The van der Waals surface area contributed by atoms with Gasteiger partial charge >= 0.3 is 6.18 Å². The lowest BCUT2D eigenvalue weighted by Gasteiger charge is -2.15. The van der Waals surface area contributed by atoms with Crippen molar-refractivity contribution in [1.82, 2.24) is 9.97 Å². The Bertz CT molecular complexity index is 1230. The van der Waals surface area contributed by atoms with Crippen LogP contribution in [0.15, 0.2) is 79.3 Å². The van der Waals surface area contributed by atoms with Crippen molar-refractivity contribution in [3.63, 3.8) is 0 Å². The molecule has 0 saturated carbocycles. The molecule has 156 valence electrons. The van der Waals surface area contributed by atoms with Gasteiger partial charge in [0.15, 0.2) is 0 Å². The number of benzene rings is 2. The zero-order chi connectivity index (χ0) is 21.8. The number of carbonyl (C=O) groups is 1. The summed E-state index contributed by atoms with van der Waals surface area (Å²) in [5.74, 6) is -0.454. The van der Waals surface area contributed by atoms with Gasteiger partial charge in [0, 0.05) is 41.3 Å². The molecule has 2 aromatic carbocycles. The van der Waals surface area contributed by atoms with E-state index >= 15 is 0 Å². The van der Waals surface area contributed by atoms with E-state index in [2.05, 4.69) is 15.3 Å². The summed E-state index contributed by atoms with van der Waals surface area (Å²) >= 11 is 0. The number of amides is 1. The number of rotatable bonds is 5. The lowest BCUT2D eigenvalue weighted by Crippen LogP contribution is -2.19. The SMILES string of the molecule is O=C(Nc1cccc(OCc2cccnc2)c1)c1cnc2ccccc2c1C(F)(F)F. The molecule has 4 rings (SSSR count). The molecular formula is C23H16F3N3O2. The Morgan fingerprint density at radius 1 is 1.00 bits per heavy atom. The smallest absolute Gasteiger partial charge is 0.417 e. The number of aromatic nitrogens is 2. The highest BCUT2D eigenvalue weighted by molar-refractivity contribution is 6.07. The number of fused-ring (bicyclic) bond motifs is 1. The Morgan fingerprint density at radius 2 is 1.84 bits per heavy atom. The summed E-state index contributed by atoms with van der Waals surface area (Å²) in [6.45, 7) is 0.262. The number of pyridine rings is 2. The molecule has 0 saturated heterocycles. The van der Waals surface area contributed by atoms with Crippen LogP contribution in [0, 0.1) is 0 Å². The number of nitrogens with one attached hydrogen (secondary N) is 1. The third-order valence-electron chi connectivity index (χ3n) is 4.52. The highest BCUT2D eigenvalue weighted by atomic mass is 19.4. The fourth-order valence-electron chi connectivity index (χ4n) is 3.13. The van der Waals surface area contributed by atoms with Crippen molar-refractivity contribution in [2.45, 2.75) is 12.8 Å². The monoisotopic (exact) mass is 423 g/mol. The quantitative estimate of drug-likeness (QED) is 0.462. The second-order valence-electron chi connectivity index (χ2n) is 6.69. The molecule has 8 heteroatoms. The largest absolute Gasteiger partial charge is 0.489 e. The van der Waals surface area contributed by atoms with Crippen LogP contribution in [0.2, 0.25) is 0 Å². The molecule has 0 atom stereocenters. The molecule has 4 aromatic rings. The van der Waals surface area contributed by atoms with E-state index in [1.54, 1.807) is 42.7 Å². The fourth-order valence-corrected chi connectivity index (χ4v) is 3.13. The molecule has 0 radical (unpaired) electrons. The summed E-state index contributed by atoms with van der Waals surface area (Å²) in [5, 5.41) is 2.37. The molecule has 0 aliphatic heterocycles. The van der Waals surface area contributed by atoms with Crippen molar-refractivity contribution < 1.29 is 22.7 Å². The summed E-state index contributed by atoms with van der Waals surface area (Å²) in [5.41, 5.74) is -0.242. The summed E-state index contributed by atoms with van der Waals surface area (Å²) in [6, 6.07) is 15.9. The first-order chi connectivity index (χ1) is 14.9. The van der Waals surface area contributed by atoms with E-state index in [0.717, 1.165) is 11.8 Å². The molecule has 0 spiro atoms. The average molecular weight is 423 g/mol. The van der Waals surface area contributed by atoms with E-state index in [4.69, 9.17) is 4.74 Å². The predicted octanol–water partition coefficient (Wildman–Crippen LogP) is 5.48. The minimum Gasteiger partial charge on any atom is -0.489 e. The van der Waals surface area contributed by atoms with Gasteiger partial charge < -0.3 is 10.1 Å². The van der Waals surface area contributed by atoms with Gasteiger partial charge in [-0.3, -0.25) is 14.8 Å². The number of para-hydroxylation sites is 1. The Labute approximate surface area is 175 Å². The zero-order valence-corrected chi connectivity index (χ0v) is 16.1. The average Bonchev–Trinajstić information content (AvgIpc) is 2.77. The van der Waals surface area contributed by atoms with Crippen LogP contribution in [-0.4, -0.2) is 15.9 Å². The predicted molar refractivity (Wildman–Crippen MR) is 110 cm³/mol. The van der Waals surface area contributed by atoms with Crippen molar-refractivity contribution in [1.29, 1.82) is 0 Å². The molecule has 0 bridgehead atoms. The van der Waals surface area contributed by atoms with Gasteiger partial charge in [0.2, 0.25) is 0 Å². The maximum atomic E-state index is 13.8. The molecular weight excluding hydrogens is 407 g/mol. The van der Waals surface area contributed by atoms with E-state index in [1.165, 1.54) is 24.3 Å². The van der Waals surface area contributed by atoms with Gasteiger partial charge in [-0.05, 0) is 24.3 Å². The molecule has 0 aliphatic rings. The van der Waals surface area contributed by atoms with Crippen LogP contribution in [0.1, 0.15) is 21.5 Å². The third kappa shape index (κ3) is 4.63. The molecule has 0 aliphatic carbocycles. The van der Waals surface area contributed by atoms with Crippen LogP contribution in [0.3, 0.4) is 0 Å². The van der Waals surface area contributed by atoms with E-state index < -0.39 is 23.2 Å². The molecule has 1 amide bonds. The highest BCUT2D eigenvalue weighted by Gasteiger charge is 2.37. The first-order valence-electron chi connectivity index (χ1n) is 9.30. The third-order valence-corrected chi connectivity index (χ3v) is 4.52. The highest BCUT2D eigenvalue weighted by Crippen LogP contribution is 2.37. The van der Waals surface area contributed by atoms with Crippen LogP contribution in [-0.2, 0) is 12.8 Å².